The van der Waals surface area contributed by atoms with Crippen molar-refractivity contribution in [2.75, 3.05) is 0 Å². The molecule has 2 aromatic rings. The highest BCUT2D eigenvalue weighted by molar-refractivity contribution is 8.15. The maximum absolute atomic E-state index is 11.7. The Morgan fingerprint density at radius 3 is 2.87 bits per heavy atom. The fourth-order valence-corrected chi connectivity index (χ4v) is 5.12. The minimum Gasteiger partial charge on any atom is -0.441 e. The summed E-state index contributed by atoms with van der Waals surface area (Å²) in [6, 6.07) is 8.13. The van der Waals surface area contributed by atoms with Gasteiger partial charge in [0.1, 0.15) is 11.5 Å². The molecule has 7 heteroatoms. The van der Waals surface area contributed by atoms with Gasteiger partial charge in [-0.15, -0.1) is 0 Å². The van der Waals surface area contributed by atoms with Crippen LogP contribution in [0, 0.1) is 19.8 Å². The summed E-state index contributed by atoms with van der Waals surface area (Å²) < 4.78 is 12.1. The summed E-state index contributed by atoms with van der Waals surface area (Å²) in [6.07, 6.45) is 6.25. The van der Waals surface area contributed by atoms with Crippen LogP contribution in [-0.2, 0) is 16.1 Å². The number of oxazole rings is 1. The molecule has 6 nitrogen and oxygen atoms in total. The Hall–Kier alpha value is -2.12. The van der Waals surface area contributed by atoms with Gasteiger partial charge in [-0.25, -0.2) is 4.98 Å². The van der Waals surface area contributed by atoms with Crippen LogP contribution in [-0.4, -0.2) is 27.5 Å². The first kappa shape index (κ1) is 21.1. The monoisotopic (exact) mass is 428 g/mol. The van der Waals surface area contributed by atoms with Gasteiger partial charge in [-0.1, -0.05) is 42.3 Å². The number of aromatic nitrogens is 1. The van der Waals surface area contributed by atoms with Crippen LogP contribution in [0.3, 0.4) is 0 Å². The fraction of sp³-hybridized carbons (Fsp3) is 0.522. The highest BCUT2D eigenvalue weighted by atomic mass is 32.2. The minimum atomic E-state index is -0.225. The fourth-order valence-electron chi connectivity index (χ4n) is 4.29. The van der Waals surface area contributed by atoms with E-state index >= 15 is 0 Å². The number of nitrogens with zero attached hydrogens (tertiary/aromatic N) is 1. The van der Waals surface area contributed by atoms with Crippen molar-refractivity contribution in [1.29, 1.82) is 0 Å². The number of amides is 2. The molecule has 4 rings (SSSR count). The third kappa shape index (κ3) is 5.13. The Labute approximate surface area is 181 Å². The summed E-state index contributed by atoms with van der Waals surface area (Å²) in [5.74, 6) is 1.83. The Morgan fingerprint density at radius 2 is 2.10 bits per heavy atom. The van der Waals surface area contributed by atoms with Gasteiger partial charge in [-0.05, 0) is 57.6 Å². The molecule has 2 amide bonds. The second-order valence-corrected chi connectivity index (χ2v) is 9.49. The van der Waals surface area contributed by atoms with Crippen LogP contribution in [0.25, 0.3) is 11.5 Å². The number of imide groups is 1. The van der Waals surface area contributed by atoms with E-state index in [9.17, 15) is 9.59 Å². The van der Waals surface area contributed by atoms with Crippen molar-refractivity contribution in [2.24, 2.45) is 5.92 Å². The van der Waals surface area contributed by atoms with Gasteiger partial charge in [0.15, 0.2) is 0 Å². The lowest BCUT2D eigenvalue weighted by Gasteiger charge is -2.29. The van der Waals surface area contributed by atoms with Gasteiger partial charge in [0.2, 0.25) is 11.8 Å². The molecule has 0 radical (unpaired) electrons. The summed E-state index contributed by atoms with van der Waals surface area (Å²) in [7, 11) is 0. The molecule has 2 fully saturated rings. The van der Waals surface area contributed by atoms with Gasteiger partial charge in [0.25, 0.3) is 5.24 Å². The zero-order chi connectivity index (χ0) is 21.1. The van der Waals surface area contributed by atoms with E-state index in [4.69, 9.17) is 9.15 Å². The predicted molar refractivity (Wildman–Crippen MR) is 116 cm³/mol. The van der Waals surface area contributed by atoms with Crippen molar-refractivity contribution in [3.05, 3.63) is 41.3 Å². The van der Waals surface area contributed by atoms with Crippen LogP contribution < -0.4 is 5.32 Å². The van der Waals surface area contributed by atoms with Gasteiger partial charge in [-0.2, -0.15) is 0 Å². The number of thioether (sulfide) groups is 1. The van der Waals surface area contributed by atoms with E-state index in [-0.39, 0.29) is 22.5 Å². The SMILES string of the molecule is Cc1cccc(-c2nc(CO[C@H]3CCC[C@@H](CCC4SC(=O)NC4=O)C3)c(C)o2)c1. The molecular formula is C23H28N2O4S. The number of aryl methyl sites for hydroxylation is 2. The van der Waals surface area contributed by atoms with E-state index < -0.39 is 0 Å². The molecule has 1 N–H and O–H groups in total. The van der Waals surface area contributed by atoms with Crippen molar-refractivity contribution in [3.8, 4) is 11.5 Å². The molecule has 1 aromatic heterocycles. The number of carbonyl (C=O) groups excluding carboxylic acids is 2. The third-order valence-electron chi connectivity index (χ3n) is 5.95. The maximum Gasteiger partial charge on any atom is 0.286 e. The van der Waals surface area contributed by atoms with Crippen LogP contribution in [0.4, 0.5) is 4.79 Å². The molecule has 30 heavy (non-hydrogen) atoms. The van der Waals surface area contributed by atoms with Crippen molar-refractivity contribution >= 4 is 22.9 Å². The summed E-state index contributed by atoms with van der Waals surface area (Å²) in [4.78, 5) is 27.7. The Balaban J connectivity index is 1.28. The molecule has 1 saturated heterocycles. The van der Waals surface area contributed by atoms with E-state index in [1.165, 1.54) is 5.56 Å². The lowest BCUT2D eigenvalue weighted by atomic mass is 9.84. The molecule has 3 atom stereocenters. The van der Waals surface area contributed by atoms with Crippen LogP contribution in [0.1, 0.15) is 55.5 Å². The summed E-state index contributed by atoms with van der Waals surface area (Å²) in [6.45, 7) is 4.44. The summed E-state index contributed by atoms with van der Waals surface area (Å²) >= 11 is 1.12. The van der Waals surface area contributed by atoms with Gasteiger partial charge >= 0.3 is 0 Å². The molecule has 0 spiro atoms. The van der Waals surface area contributed by atoms with E-state index in [1.54, 1.807) is 0 Å². The van der Waals surface area contributed by atoms with Gasteiger partial charge in [0.05, 0.1) is 18.0 Å². The van der Waals surface area contributed by atoms with Crippen molar-refractivity contribution in [2.45, 2.75) is 70.3 Å². The van der Waals surface area contributed by atoms with E-state index in [0.29, 0.717) is 18.4 Å². The van der Waals surface area contributed by atoms with Gasteiger partial charge in [-0.3, -0.25) is 14.9 Å². The molecule has 1 aliphatic carbocycles. The largest absolute Gasteiger partial charge is 0.441 e. The molecule has 1 aromatic carbocycles. The van der Waals surface area contributed by atoms with Crippen LogP contribution >= 0.6 is 11.8 Å². The number of ether oxygens (including phenoxy) is 1. The van der Waals surface area contributed by atoms with E-state index in [1.807, 2.05) is 19.1 Å². The first-order valence-electron chi connectivity index (χ1n) is 10.6. The van der Waals surface area contributed by atoms with Crippen LogP contribution in [0.2, 0.25) is 0 Å². The highest BCUT2D eigenvalue weighted by Gasteiger charge is 2.32. The molecular weight excluding hydrogens is 400 g/mol. The smallest absolute Gasteiger partial charge is 0.286 e. The number of benzene rings is 1. The van der Waals surface area contributed by atoms with E-state index in [2.05, 4.69) is 29.4 Å². The summed E-state index contributed by atoms with van der Waals surface area (Å²) in [5, 5.41) is 1.92. The second-order valence-electron chi connectivity index (χ2n) is 8.32. The Bertz CT molecular complexity index is 926. The molecule has 2 heterocycles. The summed E-state index contributed by atoms with van der Waals surface area (Å²) in [5.41, 5.74) is 3.01. The molecule has 1 unspecified atom stereocenters. The number of rotatable bonds is 7. The third-order valence-corrected chi connectivity index (χ3v) is 7.00. The molecule has 1 saturated carbocycles. The Kier molecular flexibility index (Phi) is 6.58. The Morgan fingerprint density at radius 1 is 1.23 bits per heavy atom. The van der Waals surface area contributed by atoms with Crippen molar-refractivity contribution in [1.82, 2.24) is 10.3 Å². The van der Waals surface area contributed by atoms with Crippen molar-refractivity contribution in [3.63, 3.8) is 0 Å². The van der Waals surface area contributed by atoms with Crippen LogP contribution in [0.15, 0.2) is 28.7 Å². The van der Waals surface area contributed by atoms with E-state index in [0.717, 1.165) is 67.3 Å². The quantitative estimate of drug-likeness (QED) is 0.655. The number of nitrogens with one attached hydrogen (secondary N) is 1. The van der Waals surface area contributed by atoms with Gasteiger partial charge < -0.3 is 9.15 Å². The highest BCUT2D eigenvalue weighted by Crippen LogP contribution is 2.33. The topological polar surface area (TPSA) is 81.4 Å². The number of hydrogen-bond donors (Lipinski definition) is 1. The molecule has 2 aliphatic rings. The normalized spacial score (nSPS) is 24.3. The second kappa shape index (κ2) is 9.35. The van der Waals surface area contributed by atoms with Crippen LogP contribution in [0.5, 0.6) is 0 Å². The zero-order valence-electron chi connectivity index (χ0n) is 17.5. The minimum absolute atomic E-state index is 0.139. The molecule has 160 valence electrons. The predicted octanol–water partition coefficient (Wildman–Crippen LogP) is 5.17. The zero-order valence-corrected chi connectivity index (χ0v) is 18.3. The lowest BCUT2D eigenvalue weighted by molar-refractivity contribution is -0.119. The first-order chi connectivity index (χ1) is 14.5. The van der Waals surface area contributed by atoms with Gasteiger partial charge in [0, 0.05) is 5.56 Å². The maximum atomic E-state index is 11.7. The van der Waals surface area contributed by atoms with Crippen molar-refractivity contribution < 1.29 is 18.7 Å². The number of carbonyl (C=O) groups is 2. The molecule has 1 aliphatic heterocycles. The first-order valence-corrected chi connectivity index (χ1v) is 11.5. The average molecular weight is 429 g/mol. The lowest BCUT2D eigenvalue weighted by Crippen LogP contribution is -2.26. The standard InChI is InChI=1S/C23H28N2O4S/c1-14-5-3-7-17(11-14)22-24-19(15(2)29-22)13-28-18-8-4-6-16(12-18)9-10-20-21(26)25-23(27)30-20/h3,5,7,11,16,18,20H,4,6,8-10,12-13H2,1-2H3,(H,25,26,27)/t16-,18-,20?/m0/s1. The number of hydrogen-bond acceptors (Lipinski definition) is 6. The molecule has 0 bridgehead atoms. The average Bonchev–Trinajstić information content (AvgIpc) is 3.26.